The fraction of sp³-hybridized carbons (Fsp3) is 0.429. The molecular weight excluding hydrogens is 260 g/mol. The Morgan fingerprint density at radius 2 is 1.85 bits per heavy atom. The third-order valence-electron chi connectivity index (χ3n) is 2.64. The molecule has 0 aliphatic rings. The molecule has 0 saturated carbocycles. The Balaban J connectivity index is 2.41. The summed E-state index contributed by atoms with van der Waals surface area (Å²) in [6, 6.07) is 8.30. The van der Waals surface area contributed by atoms with Gasteiger partial charge in [-0.1, -0.05) is 51.1 Å². The molecule has 110 valence electrons. The summed E-state index contributed by atoms with van der Waals surface area (Å²) in [5.74, 6) is -1.04. The Kier molecular flexibility index (Phi) is 5.52. The van der Waals surface area contributed by atoms with Gasteiger partial charge in [-0.15, -0.1) is 0 Å². The molecule has 20 heavy (non-hydrogen) atoms. The minimum Gasteiger partial charge on any atom is -0.480 e. The maximum atomic E-state index is 11.5. The first-order chi connectivity index (χ1) is 9.30. The van der Waals surface area contributed by atoms with Gasteiger partial charge in [0.05, 0.1) is 0 Å². The second-order valence-corrected chi connectivity index (χ2v) is 5.47. The topological polar surface area (TPSA) is 87.7 Å². The average molecular weight is 280 g/mol. The highest BCUT2D eigenvalue weighted by atomic mass is 16.6. The zero-order valence-corrected chi connectivity index (χ0v) is 11.8. The van der Waals surface area contributed by atoms with Gasteiger partial charge < -0.3 is 9.84 Å². The van der Waals surface area contributed by atoms with E-state index in [1.165, 1.54) is 0 Å². The molecule has 0 aliphatic heterocycles. The van der Waals surface area contributed by atoms with Gasteiger partial charge in [-0.05, 0) is 11.0 Å². The predicted octanol–water partition coefficient (Wildman–Crippen LogP) is 1.92. The van der Waals surface area contributed by atoms with E-state index in [2.05, 4.69) is 10.9 Å². The molecule has 1 atom stereocenters. The van der Waals surface area contributed by atoms with Gasteiger partial charge in [0, 0.05) is 0 Å². The van der Waals surface area contributed by atoms with Crippen LogP contribution in [0.5, 0.6) is 0 Å². The third-order valence-corrected chi connectivity index (χ3v) is 2.64. The molecule has 0 heterocycles. The summed E-state index contributed by atoms with van der Waals surface area (Å²) in [4.78, 5) is 22.6. The molecule has 6 nitrogen and oxygen atoms in total. The molecule has 1 amide bonds. The van der Waals surface area contributed by atoms with Crippen LogP contribution in [0.2, 0.25) is 0 Å². The van der Waals surface area contributed by atoms with Gasteiger partial charge in [-0.25, -0.2) is 10.2 Å². The second-order valence-electron chi connectivity index (χ2n) is 5.47. The Morgan fingerprint density at radius 1 is 1.25 bits per heavy atom. The number of nitrogens with one attached hydrogen (secondary N) is 2. The van der Waals surface area contributed by atoms with Crippen LogP contribution in [0.15, 0.2) is 30.3 Å². The van der Waals surface area contributed by atoms with E-state index in [-0.39, 0.29) is 6.61 Å². The third kappa shape index (κ3) is 5.27. The smallest absolute Gasteiger partial charge is 0.421 e. The van der Waals surface area contributed by atoms with Crippen LogP contribution in [0, 0.1) is 5.41 Å². The number of ether oxygens (including phenoxy) is 1. The molecule has 1 rings (SSSR count). The van der Waals surface area contributed by atoms with E-state index >= 15 is 0 Å². The molecule has 1 aromatic rings. The number of benzene rings is 1. The first-order valence-corrected chi connectivity index (χ1v) is 6.25. The maximum Gasteiger partial charge on any atom is 0.421 e. The minimum atomic E-state index is -1.04. The highest BCUT2D eigenvalue weighted by Gasteiger charge is 2.31. The van der Waals surface area contributed by atoms with Crippen LogP contribution in [-0.2, 0) is 16.1 Å². The first-order valence-electron chi connectivity index (χ1n) is 6.25. The minimum absolute atomic E-state index is 0.127. The van der Waals surface area contributed by atoms with Crippen molar-refractivity contribution in [1.82, 2.24) is 10.9 Å². The van der Waals surface area contributed by atoms with E-state index in [4.69, 9.17) is 9.84 Å². The van der Waals surface area contributed by atoms with Crippen molar-refractivity contribution in [3.05, 3.63) is 35.9 Å². The highest BCUT2D eigenvalue weighted by molar-refractivity contribution is 5.75. The van der Waals surface area contributed by atoms with Gasteiger partial charge in [0.25, 0.3) is 0 Å². The molecule has 0 saturated heterocycles. The molecule has 0 fully saturated rings. The lowest BCUT2D eigenvalue weighted by molar-refractivity contribution is -0.142. The molecule has 0 aromatic heterocycles. The lowest BCUT2D eigenvalue weighted by Crippen LogP contribution is -2.54. The number of amides is 1. The van der Waals surface area contributed by atoms with Crippen molar-refractivity contribution in [2.75, 3.05) is 0 Å². The van der Waals surface area contributed by atoms with E-state index in [9.17, 15) is 9.59 Å². The Labute approximate surface area is 118 Å². The molecule has 0 aliphatic carbocycles. The number of hydrogen-bond donors (Lipinski definition) is 3. The Hall–Kier alpha value is -2.08. The van der Waals surface area contributed by atoms with Gasteiger partial charge in [0.15, 0.2) is 0 Å². The molecule has 0 unspecified atom stereocenters. The Morgan fingerprint density at radius 3 is 2.35 bits per heavy atom. The molecular formula is C14H20N2O4. The first kappa shape index (κ1) is 16.0. The van der Waals surface area contributed by atoms with Crippen molar-refractivity contribution in [3.8, 4) is 0 Å². The van der Waals surface area contributed by atoms with Gasteiger partial charge in [-0.2, -0.15) is 0 Å². The van der Waals surface area contributed by atoms with Crippen molar-refractivity contribution >= 4 is 12.1 Å². The summed E-state index contributed by atoms with van der Waals surface area (Å²) >= 11 is 0. The Bertz CT molecular complexity index is 454. The van der Waals surface area contributed by atoms with Crippen molar-refractivity contribution in [3.63, 3.8) is 0 Å². The van der Waals surface area contributed by atoms with E-state index in [1.807, 2.05) is 30.3 Å². The van der Waals surface area contributed by atoms with Gasteiger partial charge >= 0.3 is 12.1 Å². The van der Waals surface area contributed by atoms with Crippen molar-refractivity contribution in [1.29, 1.82) is 0 Å². The number of hydrazine groups is 1. The van der Waals surface area contributed by atoms with Crippen LogP contribution in [0.3, 0.4) is 0 Å². The maximum absolute atomic E-state index is 11.5. The zero-order valence-electron chi connectivity index (χ0n) is 11.8. The number of carbonyl (C=O) groups excluding carboxylic acids is 1. The number of aliphatic carboxylic acids is 1. The van der Waals surface area contributed by atoms with Crippen LogP contribution in [0.1, 0.15) is 26.3 Å². The number of carboxylic acids is 1. The van der Waals surface area contributed by atoms with Crippen molar-refractivity contribution < 1.29 is 19.4 Å². The van der Waals surface area contributed by atoms with Crippen molar-refractivity contribution in [2.24, 2.45) is 5.41 Å². The molecule has 3 N–H and O–H groups in total. The summed E-state index contributed by atoms with van der Waals surface area (Å²) in [5.41, 5.74) is 5.03. The predicted molar refractivity (Wildman–Crippen MR) is 73.8 cm³/mol. The number of carboxylic acid groups (broad SMARTS) is 1. The van der Waals surface area contributed by atoms with E-state index in [0.717, 1.165) is 5.56 Å². The average Bonchev–Trinajstić information content (AvgIpc) is 2.35. The number of hydrogen-bond acceptors (Lipinski definition) is 4. The largest absolute Gasteiger partial charge is 0.480 e. The lowest BCUT2D eigenvalue weighted by Gasteiger charge is -2.27. The van der Waals surface area contributed by atoms with Gasteiger partial charge in [0.2, 0.25) is 0 Å². The number of rotatable bonds is 5. The van der Waals surface area contributed by atoms with E-state index < -0.39 is 23.5 Å². The van der Waals surface area contributed by atoms with E-state index in [0.29, 0.717) is 0 Å². The second kappa shape index (κ2) is 6.91. The fourth-order valence-corrected chi connectivity index (χ4v) is 1.54. The summed E-state index contributed by atoms with van der Waals surface area (Å²) < 4.78 is 4.97. The van der Waals surface area contributed by atoms with Crippen molar-refractivity contribution in [2.45, 2.75) is 33.4 Å². The standard InChI is InChI=1S/C14H20N2O4/c1-14(2,3)11(12(17)18)15-16-13(19)20-9-10-7-5-4-6-8-10/h4-8,11,15H,9H2,1-3H3,(H,16,19)(H,17,18)/t11-/m1/s1. The van der Waals surface area contributed by atoms with Crippen LogP contribution in [0.4, 0.5) is 4.79 Å². The molecule has 0 bridgehead atoms. The fourth-order valence-electron chi connectivity index (χ4n) is 1.54. The van der Waals surface area contributed by atoms with Crippen LogP contribution >= 0.6 is 0 Å². The molecule has 0 spiro atoms. The van der Waals surface area contributed by atoms with E-state index in [1.54, 1.807) is 20.8 Å². The monoisotopic (exact) mass is 280 g/mol. The van der Waals surface area contributed by atoms with Gasteiger partial charge in [0.1, 0.15) is 12.6 Å². The normalized spacial score (nSPS) is 12.6. The zero-order chi connectivity index (χ0) is 15.2. The molecule has 1 aromatic carbocycles. The quantitative estimate of drug-likeness (QED) is 0.717. The summed E-state index contributed by atoms with van der Waals surface area (Å²) in [7, 11) is 0. The van der Waals surface area contributed by atoms with Crippen LogP contribution in [0.25, 0.3) is 0 Å². The summed E-state index contributed by atoms with van der Waals surface area (Å²) in [6.45, 7) is 5.41. The molecule has 0 radical (unpaired) electrons. The molecule has 6 heteroatoms. The van der Waals surface area contributed by atoms with Crippen LogP contribution < -0.4 is 10.9 Å². The summed E-state index contributed by atoms with van der Waals surface area (Å²) in [5, 5.41) is 9.08. The highest BCUT2D eigenvalue weighted by Crippen LogP contribution is 2.18. The lowest BCUT2D eigenvalue weighted by atomic mass is 9.87. The van der Waals surface area contributed by atoms with Crippen LogP contribution in [-0.4, -0.2) is 23.2 Å². The SMILES string of the molecule is CC(C)(C)[C@H](NNC(=O)OCc1ccccc1)C(=O)O. The van der Waals surface area contributed by atoms with Gasteiger partial charge in [-0.3, -0.25) is 10.2 Å². The summed E-state index contributed by atoms with van der Waals surface area (Å²) in [6.07, 6.45) is -0.718. The number of carbonyl (C=O) groups is 2.